The van der Waals surface area contributed by atoms with Crippen molar-refractivity contribution in [3.8, 4) is 5.75 Å². The van der Waals surface area contributed by atoms with Crippen LogP contribution in [-0.2, 0) is 16.4 Å². The molecule has 166 valence electrons. The van der Waals surface area contributed by atoms with Crippen LogP contribution in [0.15, 0.2) is 64.5 Å². The largest absolute Gasteiger partial charge is 0.494 e. The van der Waals surface area contributed by atoms with Gasteiger partial charge < -0.3 is 15.0 Å². The van der Waals surface area contributed by atoms with E-state index in [1.165, 1.54) is 0 Å². The first-order valence-electron chi connectivity index (χ1n) is 9.83. The minimum absolute atomic E-state index is 0. The van der Waals surface area contributed by atoms with E-state index in [-0.39, 0.29) is 35.8 Å². The second-order valence-corrected chi connectivity index (χ2v) is 8.86. The molecule has 0 aliphatic rings. The average Bonchev–Trinajstić information content (AvgIpc) is 2.73. The highest BCUT2D eigenvalue weighted by atomic mass is 127. The maximum Gasteiger partial charge on any atom is 0.193 e. The average molecular weight is 545 g/mol. The Morgan fingerprint density at radius 3 is 2.27 bits per heavy atom. The minimum atomic E-state index is -3.37. The molecule has 0 saturated heterocycles. The minimum Gasteiger partial charge on any atom is -0.494 e. The first kappa shape index (κ1) is 26.2. The molecule has 0 saturated carbocycles. The highest BCUT2D eigenvalue weighted by molar-refractivity contribution is 14.0. The normalized spacial score (nSPS) is 12.6. The molecule has 1 atom stereocenters. The van der Waals surface area contributed by atoms with Crippen molar-refractivity contribution in [3.05, 3.63) is 60.2 Å². The molecule has 0 spiro atoms. The van der Waals surface area contributed by atoms with Crippen LogP contribution in [0.25, 0.3) is 0 Å². The number of ether oxygens (including phenoxy) is 1. The molecule has 8 heteroatoms. The zero-order valence-electron chi connectivity index (χ0n) is 18.0. The summed E-state index contributed by atoms with van der Waals surface area (Å²) in [5, 5.41) is 3.30. The van der Waals surface area contributed by atoms with Gasteiger partial charge in [0, 0.05) is 26.7 Å². The number of benzene rings is 2. The number of guanidine groups is 1. The lowest BCUT2D eigenvalue weighted by atomic mass is 10.2. The molecule has 0 fully saturated rings. The van der Waals surface area contributed by atoms with Crippen molar-refractivity contribution in [1.82, 2.24) is 10.2 Å². The van der Waals surface area contributed by atoms with Gasteiger partial charge in [-0.25, -0.2) is 8.42 Å². The van der Waals surface area contributed by atoms with Gasteiger partial charge in [0.25, 0.3) is 0 Å². The maximum absolute atomic E-state index is 12.7. The standard InChI is InChI=1S/C22H31N3O3S.HI/c1-5-19(17-29(26,27)21-10-8-7-9-11-21)24-22(23-3)25(4)16-18-12-14-20(15-13-18)28-6-2;/h7-15,19H,5-6,16-17H2,1-4H3,(H,23,24);1H. The Kier molecular flexibility index (Phi) is 11.2. The fraction of sp³-hybridized carbons (Fsp3) is 0.409. The van der Waals surface area contributed by atoms with Crippen molar-refractivity contribution < 1.29 is 13.2 Å². The number of nitrogens with one attached hydrogen (secondary N) is 1. The predicted octanol–water partition coefficient (Wildman–Crippen LogP) is 3.96. The third-order valence-corrected chi connectivity index (χ3v) is 6.41. The number of aliphatic imine (C=N–C) groups is 1. The van der Waals surface area contributed by atoms with E-state index in [1.807, 2.05) is 56.1 Å². The lowest BCUT2D eigenvalue weighted by Crippen LogP contribution is -2.46. The SMILES string of the molecule is CCOc1ccc(CN(C)C(=NC)NC(CC)CS(=O)(=O)c2ccccc2)cc1.I. The van der Waals surface area contributed by atoms with E-state index in [0.29, 0.717) is 30.4 Å². The van der Waals surface area contributed by atoms with Crippen molar-refractivity contribution in [2.24, 2.45) is 4.99 Å². The van der Waals surface area contributed by atoms with E-state index in [4.69, 9.17) is 4.74 Å². The summed E-state index contributed by atoms with van der Waals surface area (Å²) < 4.78 is 30.9. The van der Waals surface area contributed by atoms with E-state index in [1.54, 1.807) is 31.3 Å². The van der Waals surface area contributed by atoms with Crippen LogP contribution in [0.2, 0.25) is 0 Å². The van der Waals surface area contributed by atoms with Gasteiger partial charge in [0.15, 0.2) is 15.8 Å². The molecule has 0 aliphatic carbocycles. The Labute approximate surface area is 197 Å². The van der Waals surface area contributed by atoms with E-state index in [0.717, 1.165) is 11.3 Å². The van der Waals surface area contributed by atoms with Gasteiger partial charge in [-0.15, -0.1) is 24.0 Å². The molecule has 0 amide bonds. The summed E-state index contributed by atoms with van der Waals surface area (Å²) in [5.74, 6) is 1.52. The van der Waals surface area contributed by atoms with Crippen molar-refractivity contribution in [1.29, 1.82) is 0 Å². The number of hydrogen-bond acceptors (Lipinski definition) is 4. The summed E-state index contributed by atoms with van der Waals surface area (Å²) in [7, 11) is 0.268. The van der Waals surface area contributed by atoms with Gasteiger partial charge in [0.2, 0.25) is 0 Å². The topological polar surface area (TPSA) is 71.0 Å². The van der Waals surface area contributed by atoms with Crippen molar-refractivity contribution in [2.45, 2.75) is 37.8 Å². The number of rotatable bonds is 9. The molecule has 1 unspecified atom stereocenters. The molecule has 2 aromatic carbocycles. The zero-order valence-corrected chi connectivity index (χ0v) is 21.2. The first-order chi connectivity index (χ1) is 13.9. The van der Waals surface area contributed by atoms with Crippen LogP contribution in [0.5, 0.6) is 5.75 Å². The van der Waals surface area contributed by atoms with Gasteiger partial charge in [0.05, 0.1) is 17.3 Å². The summed E-state index contributed by atoms with van der Waals surface area (Å²) >= 11 is 0. The van der Waals surface area contributed by atoms with E-state index in [9.17, 15) is 8.42 Å². The molecule has 0 bridgehead atoms. The van der Waals surface area contributed by atoms with Crippen LogP contribution in [0.3, 0.4) is 0 Å². The molecule has 2 aromatic rings. The molecule has 0 aromatic heterocycles. The Balaban J connectivity index is 0.00000450. The predicted molar refractivity (Wildman–Crippen MR) is 134 cm³/mol. The highest BCUT2D eigenvalue weighted by Gasteiger charge is 2.22. The third-order valence-electron chi connectivity index (χ3n) is 4.58. The molecule has 1 N–H and O–H groups in total. The third kappa shape index (κ3) is 7.79. The quantitative estimate of drug-likeness (QED) is 0.294. The zero-order chi connectivity index (χ0) is 21.3. The number of nitrogens with zero attached hydrogens (tertiary/aromatic N) is 2. The number of sulfone groups is 1. The lowest BCUT2D eigenvalue weighted by Gasteiger charge is -2.26. The summed E-state index contributed by atoms with van der Waals surface area (Å²) in [4.78, 5) is 6.66. The molecule has 0 heterocycles. The Bertz CT molecular complexity index is 888. The summed E-state index contributed by atoms with van der Waals surface area (Å²) in [6.07, 6.45) is 0.669. The van der Waals surface area contributed by atoms with Crippen LogP contribution in [0, 0.1) is 0 Å². The van der Waals surface area contributed by atoms with Gasteiger partial charge in [-0.1, -0.05) is 37.3 Å². The van der Waals surface area contributed by atoms with Gasteiger partial charge in [-0.3, -0.25) is 4.99 Å². The van der Waals surface area contributed by atoms with Crippen molar-refractivity contribution in [2.75, 3.05) is 26.5 Å². The van der Waals surface area contributed by atoms with Crippen LogP contribution >= 0.6 is 24.0 Å². The summed E-state index contributed by atoms with van der Waals surface area (Å²) in [6.45, 7) is 5.21. The van der Waals surface area contributed by atoms with Gasteiger partial charge in [-0.05, 0) is 43.2 Å². The Hall–Kier alpha value is -1.81. The van der Waals surface area contributed by atoms with Gasteiger partial charge in [-0.2, -0.15) is 0 Å². The molecule has 0 aliphatic heterocycles. The highest BCUT2D eigenvalue weighted by Crippen LogP contribution is 2.15. The second kappa shape index (κ2) is 12.8. The van der Waals surface area contributed by atoms with Crippen molar-refractivity contribution >= 4 is 39.8 Å². The van der Waals surface area contributed by atoms with E-state index >= 15 is 0 Å². The number of hydrogen-bond donors (Lipinski definition) is 1. The molecule has 2 rings (SSSR count). The summed E-state index contributed by atoms with van der Waals surface area (Å²) in [5.41, 5.74) is 1.11. The number of halogens is 1. The van der Waals surface area contributed by atoms with Gasteiger partial charge in [0.1, 0.15) is 5.75 Å². The van der Waals surface area contributed by atoms with Crippen LogP contribution in [0.4, 0.5) is 0 Å². The molecular formula is C22H32IN3O3S. The first-order valence-corrected chi connectivity index (χ1v) is 11.5. The second-order valence-electron chi connectivity index (χ2n) is 6.82. The molecule has 30 heavy (non-hydrogen) atoms. The van der Waals surface area contributed by atoms with E-state index in [2.05, 4.69) is 10.3 Å². The van der Waals surface area contributed by atoms with Gasteiger partial charge >= 0.3 is 0 Å². The lowest BCUT2D eigenvalue weighted by molar-refractivity contribution is 0.340. The fourth-order valence-corrected chi connectivity index (χ4v) is 4.60. The fourth-order valence-electron chi connectivity index (χ4n) is 2.99. The summed E-state index contributed by atoms with van der Waals surface area (Å²) in [6, 6.07) is 16.3. The maximum atomic E-state index is 12.7. The van der Waals surface area contributed by atoms with Crippen LogP contribution < -0.4 is 10.1 Å². The monoisotopic (exact) mass is 545 g/mol. The van der Waals surface area contributed by atoms with Crippen LogP contribution in [0.1, 0.15) is 25.8 Å². The Morgan fingerprint density at radius 2 is 1.73 bits per heavy atom. The van der Waals surface area contributed by atoms with E-state index < -0.39 is 9.84 Å². The molecular weight excluding hydrogens is 513 g/mol. The van der Waals surface area contributed by atoms with Crippen LogP contribution in [-0.4, -0.2) is 51.8 Å². The molecule has 0 radical (unpaired) electrons. The molecule has 6 nitrogen and oxygen atoms in total. The Morgan fingerprint density at radius 1 is 1.10 bits per heavy atom. The van der Waals surface area contributed by atoms with Crippen molar-refractivity contribution in [3.63, 3.8) is 0 Å². The smallest absolute Gasteiger partial charge is 0.193 e.